The number of ether oxygens (including phenoxy) is 1. The quantitative estimate of drug-likeness (QED) is 0.273. The van der Waals surface area contributed by atoms with Gasteiger partial charge in [0.2, 0.25) is 6.41 Å². The maximum absolute atomic E-state index is 12.0. The smallest absolute Gasteiger partial charge is 0.311 e. The fraction of sp³-hybridized carbons (Fsp3) is 0.714. The van der Waals surface area contributed by atoms with Crippen LogP contribution in [0.3, 0.4) is 0 Å². The van der Waals surface area contributed by atoms with Gasteiger partial charge >= 0.3 is 17.8 Å². The summed E-state index contributed by atoms with van der Waals surface area (Å²) in [6, 6.07) is 0. The molecule has 0 aliphatic carbocycles. The minimum atomic E-state index is -0.685. The SMILES string of the molecule is CCOC(=O)C1CCCN(C(=O)C(=O)NCCCNC=O)C1. The van der Waals surface area contributed by atoms with E-state index < -0.39 is 11.8 Å². The molecule has 1 unspecified atom stereocenters. The molecule has 0 saturated carbocycles. The molecule has 8 nitrogen and oxygen atoms in total. The van der Waals surface area contributed by atoms with Crippen molar-refractivity contribution >= 4 is 24.2 Å². The predicted octanol–water partition coefficient (Wildman–Crippen LogP) is -0.960. The van der Waals surface area contributed by atoms with Crippen LogP contribution in [0.5, 0.6) is 0 Å². The van der Waals surface area contributed by atoms with Crippen LogP contribution in [0.15, 0.2) is 0 Å². The molecule has 8 heteroatoms. The molecule has 1 heterocycles. The fourth-order valence-electron chi connectivity index (χ4n) is 2.28. The van der Waals surface area contributed by atoms with Crippen molar-refractivity contribution in [2.45, 2.75) is 26.2 Å². The van der Waals surface area contributed by atoms with E-state index in [4.69, 9.17) is 4.74 Å². The van der Waals surface area contributed by atoms with E-state index in [9.17, 15) is 19.2 Å². The lowest BCUT2D eigenvalue weighted by Crippen LogP contribution is -2.49. The Morgan fingerprint density at radius 2 is 2.09 bits per heavy atom. The second-order valence-corrected chi connectivity index (χ2v) is 5.02. The Kier molecular flexibility index (Phi) is 7.95. The van der Waals surface area contributed by atoms with E-state index in [0.29, 0.717) is 51.9 Å². The molecule has 0 aromatic rings. The molecule has 1 rings (SSSR count). The molecule has 1 aliphatic rings. The molecule has 22 heavy (non-hydrogen) atoms. The highest BCUT2D eigenvalue weighted by molar-refractivity contribution is 6.35. The van der Waals surface area contributed by atoms with E-state index in [1.807, 2.05) is 0 Å². The van der Waals surface area contributed by atoms with E-state index in [-0.39, 0.29) is 18.4 Å². The fourth-order valence-corrected chi connectivity index (χ4v) is 2.28. The van der Waals surface area contributed by atoms with Gasteiger partial charge in [-0.3, -0.25) is 19.2 Å². The summed E-state index contributed by atoms with van der Waals surface area (Å²) in [6.45, 7) is 3.47. The highest BCUT2D eigenvalue weighted by Crippen LogP contribution is 2.18. The Morgan fingerprint density at radius 1 is 1.32 bits per heavy atom. The first kappa shape index (κ1) is 17.9. The zero-order chi connectivity index (χ0) is 16.4. The minimum absolute atomic E-state index is 0.220. The van der Waals surface area contributed by atoms with Gasteiger partial charge in [-0.05, 0) is 26.2 Å². The summed E-state index contributed by atoms with van der Waals surface area (Å²) in [7, 11) is 0. The summed E-state index contributed by atoms with van der Waals surface area (Å²) >= 11 is 0. The Labute approximate surface area is 129 Å². The topological polar surface area (TPSA) is 105 Å². The number of piperidine rings is 1. The van der Waals surface area contributed by atoms with Gasteiger partial charge in [0, 0.05) is 26.2 Å². The van der Waals surface area contributed by atoms with Crippen molar-refractivity contribution in [2.75, 3.05) is 32.8 Å². The maximum atomic E-state index is 12.0. The highest BCUT2D eigenvalue weighted by atomic mass is 16.5. The van der Waals surface area contributed by atoms with E-state index in [1.165, 1.54) is 4.90 Å². The van der Waals surface area contributed by atoms with Gasteiger partial charge in [0.05, 0.1) is 12.5 Å². The lowest BCUT2D eigenvalue weighted by atomic mass is 9.98. The first-order chi connectivity index (χ1) is 10.6. The molecule has 0 aromatic heterocycles. The van der Waals surface area contributed by atoms with Crippen LogP contribution in [-0.2, 0) is 23.9 Å². The number of rotatable bonds is 7. The van der Waals surface area contributed by atoms with Crippen LogP contribution in [0.2, 0.25) is 0 Å². The van der Waals surface area contributed by atoms with Gasteiger partial charge in [0.15, 0.2) is 0 Å². The predicted molar refractivity (Wildman–Crippen MR) is 77.6 cm³/mol. The summed E-state index contributed by atoms with van der Waals surface area (Å²) in [4.78, 5) is 47.0. The number of likely N-dealkylation sites (tertiary alicyclic amines) is 1. The number of nitrogens with zero attached hydrogens (tertiary/aromatic N) is 1. The Balaban J connectivity index is 2.38. The molecule has 3 amide bonds. The number of carbonyl (C=O) groups is 4. The number of amides is 3. The summed E-state index contributed by atoms with van der Waals surface area (Å²) in [5, 5.41) is 4.97. The van der Waals surface area contributed by atoms with E-state index in [1.54, 1.807) is 6.92 Å². The molecule has 0 bridgehead atoms. The molecular weight excluding hydrogens is 290 g/mol. The minimum Gasteiger partial charge on any atom is -0.466 e. The van der Waals surface area contributed by atoms with Crippen molar-refractivity contribution in [3.63, 3.8) is 0 Å². The first-order valence-electron chi connectivity index (χ1n) is 7.50. The maximum Gasteiger partial charge on any atom is 0.311 e. The summed E-state index contributed by atoms with van der Waals surface area (Å²) in [5.41, 5.74) is 0. The number of esters is 1. The number of hydrogen-bond acceptors (Lipinski definition) is 5. The molecule has 1 aliphatic heterocycles. The van der Waals surface area contributed by atoms with Crippen LogP contribution < -0.4 is 10.6 Å². The number of carbonyl (C=O) groups excluding carboxylic acids is 4. The van der Waals surface area contributed by atoms with Crippen LogP contribution in [0.1, 0.15) is 26.2 Å². The summed E-state index contributed by atoms with van der Waals surface area (Å²) < 4.78 is 4.96. The summed E-state index contributed by atoms with van der Waals surface area (Å²) in [6.07, 6.45) is 2.47. The standard InChI is InChI=1S/C14H23N3O5/c1-2-22-14(21)11-5-3-8-17(9-11)13(20)12(19)16-7-4-6-15-10-18/h10-11H,2-9H2,1H3,(H,15,18)(H,16,19). The third-order valence-electron chi connectivity index (χ3n) is 3.39. The Bertz CT molecular complexity index is 413. The molecule has 1 fully saturated rings. The van der Waals surface area contributed by atoms with Gasteiger partial charge in [-0.25, -0.2) is 0 Å². The van der Waals surface area contributed by atoms with Gasteiger partial charge < -0.3 is 20.3 Å². The van der Waals surface area contributed by atoms with Crippen molar-refractivity contribution in [3.05, 3.63) is 0 Å². The molecule has 2 N–H and O–H groups in total. The van der Waals surface area contributed by atoms with Crippen LogP contribution in [0.4, 0.5) is 0 Å². The molecule has 124 valence electrons. The molecule has 0 radical (unpaired) electrons. The molecular formula is C14H23N3O5. The van der Waals surface area contributed by atoms with E-state index >= 15 is 0 Å². The zero-order valence-corrected chi connectivity index (χ0v) is 12.8. The van der Waals surface area contributed by atoms with Gasteiger partial charge in [-0.15, -0.1) is 0 Å². The van der Waals surface area contributed by atoms with Crippen LogP contribution in [0, 0.1) is 5.92 Å². The van der Waals surface area contributed by atoms with Gasteiger partial charge in [-0.1, -0.05) is 0 Å². The van der Waals surface area contributed by atoms with E-state index in [0.717, 1.165) is 0 Å². The zero-order valence-electron chi connectivity index (χ0n) is 12.8. The summed E-state index contributed by atoms with van der Waals surface area (Å²) in [5.74, 6) is -1.99. The van der Waals surface area contributed by atoms with Crippen LogP contribution in [-0.4, -0.2) is 61.9 Å². The number of hydrogen-bond donors (Lipinski definition) is 2. The first-order valence-corrected chi connectivity index (χ1v) is 7.50. The van der Waals surface area contributed by atoms with Gasteiger partial charge in [0.1, 0.15) is 0 Å². The van der Waals surface area contributed by atoms with Crippen molar-refractivity contribution in [1.82, 2.24) is 15.5 Å². The lowest BCUT2D eigenvalue weighted by molar-refractivity contribution is -0.154. The highest BCUT2D eigenvalue weighted by Gasteiger charge is 2.31. The second-order valence-electron chi connectivity index (χ2n) is 5.02. The van der Waals surface area contributed by atoms with Crippen molar-refractivity contribution in [1.29, 1.82) is 0 Å². The Hall–Kier alpha value is -2.12. The number of nitrogens with one attached hydrogen (secondary N) is 2. The normalized spacial score (nSPS) is 17.5. The average Bonchev–Trinajstić information content (AvgIpc) is 2.54. The third-order valence-corrected chi connectivity index (χ3v) is 3.39. The van der Waals surface area contributed by atoms with Crippen molar-refractivity contribution in [3.8, 4) is 0 Å². The second kappa shape index (κ2) is 9.75. The molecule has 0 spiro atoms. The monoisotopic (exact) mass is 313 g/mol. The third kappa shape index (κ3) is 5.71. The van der Waals surface area contributed by atoms with Crippen LogP contribution in [0.25, 0.3) is 0 Å². The molecule has 1 saturated heterocycles. The van der Waals surface area contributed by atoms with Gasteiger partial charge in [0.25, 0.3) is 0 Å². The van der Waals surface area contributed by atoms with Gasteiger partial charge in [-0.2, -0.15) is 0 Å². The molecule has 1 atom stereocenters. The average molecular weight is 313 g/mol. The van der Waals surface area contributed by atoms with Crippen molar-refractivity contribution < 1.29 is 23.9 Å². The van der Waals surface area contributed by atoms with Crippen LogP contribution >= 0.6 is 0 Å². The van der Waals surface area contributed by atoms with Crippen molar-refractivity contribution in [2.24, 2.45) is 5.92 Å². The lowest BCUT2D eigenvalue weighted by Gasteiger charge is -2.30. The largest absolute Gasteiger partial charge is 0.466 e. The Morgan fingerprint density at radius 3 is 2.77 bits per heavy atom. The van der Waals surface area contributed by atoms with E-state index in [2.05, 4.69) is 10.6 Å². The molecule has 0 aromatic carbocycles.